The van der Waals surface area contributed by atoms with E-state index in [4.69, 9.17) is 16.0 Å². The number of furan rings is 1. The highest BCUT2D eigenvalue weighted by molar-refractivity contribution is 7.22. The van der Waals surface area contributed by atoms with Gasteiger partial charge in [-0.15, -0.1) is 0 Å². The maximum Gasteiger partial charge on any atom is 0.293 e. The molecule has 90 valence electrons. The van der Waals surface area contributed by atoms with Crippen molar-refractivity contribution in [1.29, 1.82) is 0 Å². The monoisotopic (exact) mass is 278 g/mol. The number of hydrogen-bond acceptors (Lipinski definition) is 4. The van der Waals surface area contributed by atoms with Gasteiger partial charge in [-0.3, -0.25) is 10.1 Å². The van der Waals surface area contributed by atoms with Crippen molar-refractivity contribution in [2.75, 3.05) is 5.32 Å². The standard InChI is InChI=1S/C12H7ClN2O2S/c13-7-3-1-5-9-10(7)14-12(18-9)15-11(16)8-4-2-6-17-8/h1-6H,(H,14,15,16). The lowest BCUT2D eigenvalue weighted by atomic mass is 10.3. The summed E-state index contributed by atoms with van der Waals surface area (Å²) in [5.41, 5.74) is 0.693. The molecule has 0 fully saturated rings. The van der Waals surface area contributed by atoms with Crippen LogP contribution in [-0.4, -0.2) is 10.9 Å². The van der Waals surface area contributed by atoms with Crippen molar-refractivity contribution in [1.82, 2.24) is 4.98 Å². The van der Waals surface area contributed by atoms with E-state index in [2.05, 4.69) is 10.3 Å². The number of hydrogen-bond donors (Lipinski definition) is 1. The van der Waals surface area contributed by atoms with E-state index in [9.17, 15) is 4.79 Å². The lowest BCUT2D eigenvalue weighted by molar-refractivity contribution is 0.0996. The number of benzene rings is 1. The second kappa shape index (κ2) is 4.44. The van der Waals surface area contributed by atoms with Crippen molar-refractivity contribution >= 4 is 44.2 Å². The van der Waals surface area contributed by atoms with Crippen LogP contribution in [0, 0.1) is 0 Å². The largest absolute Gasteiger partial charge is 0.459 e. The summed E-state index contributed by atoms with van der Waals surface area (Å²) >= 11 is 7.39. The second-order valence-electron chi connectivity index (χ2n) is 3.54. The number of carbonyl (C=O) groups excluding carboxylic acids is 1. The minimum atomic E-state index is -0.324. The van der Waals surface area contributed by atoms with Gasteiger partial charge in [-0.25, -0.2) is 4.98 Å². The normalized spacial score (nSPS) is 10.7. The Balaban J connectivity index is 1.92. The fraction of sp³-hybridized carbons (Fsp3) is 0. The summed E-state index contributed by atoms with van der Waals surface area (Å²) in [4.78, 5) is 16.0. The van der Waals surface area contributed by atoms with Gasteiger partial charge >= 0.3 is 0 Å². The Bertz CT molecular complexity index is 706. The first kappa shape index (κ1) is 11.3. The minimum absolute atomic E-state index is 0.250. The zero-order chi connectivity index (χ0) is 12.5. The van der Waals surface area contributed by atoms with E-state index in [1.54, 1.807) is 18.2 Å². The van der Waals surface area contributed by atoms with Crippen molar-refractivity contribution < 1.29 is 9.21 Å². The average molecular weight is 279 g/mol. The molecule has 2 aromatic heterocycles. The van der Waals surface area contributed by atoms with Gasteiger partial charge in [-0.2, -0.15) is 0 Å². The van der Waals surface area contributed by atoms with Crippen LogP contribution in [0.5, 0.6) is 0 Å². The maximum atomic E-state index is 11.8. The van der Waals surface area contributed by atoms with Crippen LogP contribution < -0.4 is 5.32 Å². The van der Waals surface area contributed by atoms with Gasteiger partial charge in [0.1, 0.15) is 5.52 Å². The predicted molar refractivity (Wildman–Crippen MR) is 71.3 cm³/mol. The van der Waals surface area contributed by atoms with Crippen LogP contribution in [0.4, 0.5) is 5.13 Å². The van der Waals surface area contributed by atoms with E-state index in [1.165, 1.54) is 17.6 Å². The molecule has 6 heteroatoms. The molecule has 0 radical (unpaired) electrons. The van der Waals surface area contributed by atoms with Crippen LogP contribution >= 0.6 is 22.9 Å². The summed E-state index contributed by atoms with van der Waals surface area (Å²) in [5, 5.41) is 3.75. The number of rotatable bonds is 2. The molecular weight excluding hydrogens is 272 g/mol. The molecule has 3 aromatic rings. The molecule has 0 unspecified atom stereocenters. The summed E-state index contributed by atoms with van der Waals surface area (Å²) in [6.45, 7) is 0. The van der Waals surface area contributed by atoms with E-state index in [0.29, 0.717) is 15.7 Å². The van der Waals surface area contributed by atoms with E-state index < -0.39 is 0 Å². The third-order valence-corrected chi connectivity index (χ3v) is 3.58. The average Bonchev–Trinajstić information content (AvgIpc) is 2.97. The van der Waals surface area contributed by atoms with Crippen molar-refractivity contribution in [2.24, 2.45) is 0 Å². The Morgan fingerprint density at radius 1 is 1.33 bits per heavy atom. The lowest BCUT2D eigenvalue weighted by Gasteiger charge is -1.96. The second-order valence-corrected chi connectivity index (χ2v) is 4.97. The first-order valence-electron chi connectivity index (χ1n) is 5.14. The van der Waals surface area contributed by atoms with Crippen molar-refractivity contribution in [2.45, 2.75) is 0 Å². The van der Waals surface area contributed by atoms with Crippen LogP contribution in [0.15, 0.2) is 41.0 Å². The molecule has 0 saturated heterocycles. The first-order valence-corrected chi connectivity index (χ1v) is 6.33. The highest BCUT2D eigenvalue weighted by Gasteiger charge is 2.12. The number of aromatic nitrogens is 1. The highest BCUT2D eigenvalue weighted by atomic mass is 35.5. The molecule has 0 bridgehead atoms. The van der Waals surface area contributed by atoms with Gasteiger partial charge in [0.2, 0.25) is 0 Å². The Kier molecular flexibility index (Phi) is 2.77. The Hall–Kier alpha value is -1.85. The fourth-order valence-corrected chi connectivity index (χ4v) is 2.70. The fourth-order valence-electron chi connectivity index (χ4n) is 1.53. The van der Waals surface area contributed by atoms with Gasteiger partial charge in [-0.1, -0.05) is 29.0 Å². The number of fused-ring (bicyclic) bond motifs is 1. The zero-order valence-corrected chi connectivity index (χ0v) is 10.6. The van der Waals surface area contributed by atoms with Gasteiger partial charge in [0.05, 0.1) is 16.0 Å². The van der Waals surface area contributed by atoms with Gasteiger partial charge < -0.3 is 4.42 Å². The summed E-state index contributed by atoms with van der Waals surface area (Å²) in [5.74, 6) is -0.0736. The molecular formula is C12H7ClN2O2S. The minimum Gasteiger partial charge on any atom is -0.459 e. The molecule has 0 saturated carbocycles. The third-order valence-electron chi connectivity index (χ3n) is 2.34. The molecule has 0 atom stereocenters. The van der Waals surface area contributed by atoms with E-state index >= 15 is 0 Å². The Morgan fingerprint density at radius 2 is 2.22 bits per heavy atom. The smallest absolute Gasteiger partial charge is 0.293 e. The number of anilines is 1. The molecule has 1 amide bonds. The number of amides is 1. The quantitative estimate of drug-likeness (QED) is 0.776. The number of carbonyl (C=O) groups is 1. The summed E-state index contributed by atoms with van der Waals surface area (Å²) < 4.78 is 5.93. The predicted octanol–water partition coefficient (Wildman–Crippen LogP) is 3.80. The Morgan fingerprint density at radius 3 is 2.94 bits per heavy atom. The maximum absolute atomic E-state index is 11.8. The van der Waals surface area contributed by atoms with Crippen LogP contribution in [0.2, 0.25) is 5.02 Å². The van der Waals surface area contributed by atoms with Crippen molar-refractivity contribution in [3.8, 4) is 0 Å². The molecule has 4 nitrogen and oxygen atoms in total. The molecule has 0 aliphatic rings. The number of para-hydroxylation sites is 1. The molecule has 0 spiro atoms. The Labute approximate surface area is 111 Å². The SMILES string of the molecule is O=C(Nc1nc2c(Cl)cccc2s1)c1ccco1. The molecule has 0 aliphatic carbocycles. The molecule has 18 heavy (non-hydrogen) atoms. The molecule has 0 aliphatic heterocycles. The molecule has 1 N–H and O–H groups in total. The lowest BCUT2D eigenvalue weighted by Crippen LogP contribution is -2.10. The first-order chi connectivity index (χ1) is 8.74. The third kappa shape index (κ3) is 1.98. The summed E-state index contributed by atoms with van der Waals surface area (Å²) in [6, 6.07) is 8.77. The van der Waals surface area contributed by atoms with Crippen molar-refractivity contribution in [3.63, 3.8) is 0 Å². The summed E-state index contributed by atoms with van der Waals surface area (Å²) in [7, 11) is 0. The molecule has 1 aromatic carbocycles. The number of nitrogens with zero attached hydrogens (tertiary/aromatic N) is 1. The molecule has 3 rings (SSSR count). The van der Waals surface area contributed by atoms with Gasteiger partial charge in [0.25, 0.3) is 5.91 Å². The van der Waals surface area contributed by atoms with Gasteiger partial charge in [-0.05, 0) is 24.3 Å². The summed E-state index contributed by atoms with van der Waals surface area (Å²) in [6.07, 6.45) is 1.45. The number of nitrogens with one attached hydrogen (secondary N) is 1. The van der Waals surface area contributed by atoms with Crippen LogP contribution in [0.1, 0.15) is 10.6 Å². The van der Waals surface area contributed by atoms with E-state index in [0.717, 1.165) is 4.70 Å². The van der Waals surface area contributed by atoms with E-state index in [-0.39, 0.29) is 11.7 Å². The van der Waals surface area contributed by atoms with Crippen molar-refractivity contribution in [3.05, 3.63) is 47.4 Å². The van der Waals surface area contributed by atoms with Crippen LogP contribution in [0.25, 0.3) is 10.2 Å². The number of halogens is 1. The topological polar surface area (TPSA) is 55.1 Å². The van der Waals surface area contributed by atoms with Gasteiger partial charge in [0, 0.05) is 0 Å². The van der Waals surface area contributed by atoms with Gasteiger partial charge in [0.15, 0.2) is 10.9 Å². The highest BCUT2D eigenvalue weighted by Crippen LogP contribution is 2.30. The molecule has 2 heterocycles. The van der Waals surface area contributed by atoms with E-state index in [1.807, 2.05) is 12.1 Å². The van der Waals surface area contributed by atoms with Crippen LogP contribution in [0.3, 0.4) is 0 Å². The van der Waals surface area contributed by atoms with Crippen LogP contribution in [-0.2, 0) is 0 Å². The zero-order valence-electron chi connectivity index (χ0n) is 9.01. The number of thiazole rings is 1.